The number of amides is 4. The van der Waals surface area contributed by atoms with Gasteiger partial charge in [-0.1, -0.05) is 66.7 Å². The first kappa shape index (κ1) is 29.6. The Morgan fingerprint density at radius 3 is 2.41 bits per heavy atom. The van der Waals surface area contributed by atoms with Gasteiger partial charge in [-0.05, 0) is 55.5 Å². The molecule has 0 spiro atoms. The number of benzene rings is 3. The van der Waals surface area contributed by atoms with Crippen molar-refractivity contribution in [3.05, 3.63) is 89.5 Å². The summed E-state index contributed by atoms with van der Waals surface area (Å²) in [6, 6.07) is 22.3. The van der Waals surface area contributed by atoms with Crippen molar-refractivity contribution in [1.82, 2.24) is 15.5 Å². The molecule has 1 aliphatic rings. The maximum atomic E-state index is 13.6. The minimum Gasteiger partial charge on any atom is -0.444 e. The molecule has 0 saturated heterocycles. The largest absolute Gasteiger partial charge is 0.444 e. The molecule has 9 heteroatoms. The zero-order chi connectivity index (χ0) is 29.4. The van der Waals surface area contributed by atoms with Gasteiger partial charge in [0.25, 0.3) is 0 Å². The van der Waals surface area contributed by atoms with Gasteiger partial charge in [0.1, 0.15) is 11.6 Å². The van der Waals surface area contributed by atoms with E-state index in [0.717, 1.165) is 27.8 Å². The van der Waals surface area contributed by atoms with Gasteiger partial charge >= 0.3 is 12.1 Å². The lowest BCUT2D eigenvalue weighted by Crippen LogP contribution is -2.52. The van der Waals surface area contributed by atoms with Crippen LogP contribution in [0, 0.1) is 0 Å². The Morgan fingerprint density at radius 2 is 1.68 bits per heavy atom. The third-order valence-corrected chi connectivity index (χ3v) is 6.63. The molecular formula is C32H38N4O5. The van der Waals surface area contributed by atoms with Gasteiger partial charge < -0.3 is 30.3 Å². The number of hydrogen-bond acceptors (Lipinski definition) is 5. The van der Waals surface area contributed by atoms with E-state index in [1.807, 2.05) is 66.7 Å². The highest BCUT2D eigenvalue weighted by Gasteiger charge is 2.30. The SMILES string of the molecule is CNC(=O)Nc1ccccc1-c1ccc2c(c1)CCN(C(=O)[C@@H](COCc1ccccc1)NC(=O)OC(C)(C)C)C2. The summed E-state index contributed by atoms with van der Waals surface area (Å²) < 4.78 is 11.3. The first-order valence-electron chi connectivity index (χ1n) is 13.7. The summed E-state index contributed by atoms with van der Waals surface area (Å²) in [7, 11) is 1.58. The van der Waals surface area contributed by atoms with Crippen LogP contribution >= 0.6 is 0 Å². The van der Waals surface area contributed by atoms with Crippen LogP contribution in [0.3, 0.4) is 0 Å². The molecule has 1 heterocycles. The second kappa shape index (κ2) is 13.3. The summed E-state index contributed by atoms with van der Waals surface area (Å²) in [6.07, 6.45) is -0.00508. The van der Waals surface area contributed by atoms with Gasteiger partial charge in [0.05, 0.1) is 18.9 Å². The van der Waals surface area contributed by atoms with Crippen LogP contribution in [0.2, 0.25) is 0 Å². The quantitative estimate of drug-likeness (QED) is 0.357. The van der Waals surface area contributed by atoms with E-state index in [-0.39, 0.29) is 18.5 Å². The number of para-hydroxylation sites is 1. The second-order valence-electron chi connectivity index (χ2n) is 10.9. The van der Waals surface area contributed by atoms with Gasteiger partial charge in [0.15, 0.2) is 0 Å². The highest BCUT2D eigenvalue weighted by Crippen LogP contribution is 2.31. The maximum absolute atomic E-state index is 13.6. The molecule has 0 radical (unpaired) electrons. The van der Waals surface area contributed by atoms with Gasteiger partial charge in [-0.25, -0.2) is 9.59 Å². The monoisotopic (exact) mass is 558 g/mol. The van der Waals surface area contributed by atoms with Crippen molar-refractivity contribution in [2.75, 3.05) is 25.5 Å². The Labute approximate surface area is 241 Å². The number of rotatable bonds is 8. The third-order valence-electron chi connectivity index (χ3n) is 6.63. The van der Waals surface area contributed by atoms with E-state index in [2.05, 4.69) is 22.0 Å². The third kappa shape index (κ3) is 8.31. The first-order valence-corrected chi connectivity index (χ1v) is 13.7. The summed E-state index contributed by atoms with van der Waals surface area (Å²) in [4.78, 5) is 39.9. The van der Waals surface area contributed by atoms with E-state index >= 15 is 0 Å². The average molecular weight is 559 g/mol. The lowest BCUT2D eigenvalue weighted by Gasteiger charge is -2.32. The van der Waals surface area contributed by atoms with Gasteiger partial charge in [0.2, 0.25) is 5.91 Å². The predicted octanol–water partition coefficient (Wildman–Crippen LogP) is 5.10. The van der Waals surface area contributed by atoms with Gasteiger partial charge in [-0.15, -0.1) is 0 Å². The lowest BCUT2D eigenvalue weighted by atomic mass is 9.93. The molecule has 1 aliphatic heterocycles. The first-order chi connectivity index (χ1) is 19.6. The van der Waals surface area contributed by atoms with Crippen LogP contribution in [0.4, 0.5) is 15.3 Å². The molecule has 9 nitrogen and oxygen atoms in total. The fraction of sp³-hybridized carbons (Fsp3) is 0.344. The number of alkyl carbamates (subject to hydrolysis) is 1. The molecule has 4 rings (SSSR count). The number of anilines is 1. The van der Waals surface area contributed by atoms with Crippen molar-refractivity contribution in [2.45, 2.75) is 52.0 Å². The van der Waals surface area contributed by atoms with E-state index in [1.54, 1.807) is 32.7 Å². The highest BCUT2D eigenvalue weighted by atomic mass is 16.6. The van der Waals surface area contributed by atoms with Crippen molar-refractivity contribution in [2.24, 2.45) is 0 Å². The molecule has 0 aliphatic carbocycles. The Hall–Kier alpha value is -4.37. The molecule has 41 heavy (non-hydrogen) atoms. The zero-order valence-electron chi connectivity index (χ0n) is 24.0. The number of ether oxygens (including phenoxy) is 2. The lowest BCUT2D eigenvalue weighted by molar-refractivity contribution is -0.136. The summed E-state index contributed by atoms with van der Waals surface area (Å²) >= 11 is 0. The Bertz CT molecular complexity index is 1370. The van der Waals surface area contributed by atoms with Crippen LogP contribution < -0.4 is 16.0 Å². The molecule has 0 unspecified atom stereocenters. The number of nitrogens with zero attached hydrogens (tertiary/aromatic N) is 1. The Morgan fingerprint density at radius 1 is 0.951 bits per heavy atom. The van der Waals surface area contributed by atoms with E-state index in [4.69, 9.17) is 9.47 Å². The average Bonchev–Trinajstić information content (AvgIpc) is 2.95. The summed E-state index contributed by atoms with van der Waals surface area (Å²) in [6.45, 7) is 6.58. The van der Waals surface area contributed by atoms with Crippen LogP contribution in [0.25, 0.3) is 11.1 Å². The molecule has 216 valence electrons. The highest BCUT2D eigenvalue weighted by molar-refractivity contribution is 5.94. The topological polar surface area (TPSA) is 109 Å². The predicted molar refractivity (Wildman–Crippen MR) is 158 cm³/mol. The van der Waals surface area contributed by atoms with Gasteiger partial charge in [-0.2, -0.15) is 0 Å². The molecular weight excluding hydrogens is 520 g/mol. The number of urea groups is 1. The number of carbonyl (C=O) groups excluding carboxylic acids is 3. The molecule has 0 bridgehead atoms. The van der Waals surface area contributed by atoms with Crippen LogP contribution in [0.1, 0.15) is 37.5 Å². The van der Waals surface area contributed by atoms with Crippen molar-refractivity contribution in [3.63, 3.8) is 0 Å². The minimum absolute atomic E-state index is 0.0182. The molecule has 4 amide bonds. The fourth-order valence-electron chi connectivity index (χ4n) is 4.65. The van der Waals surface area contributed by atoms with Crippen LogP contribution in [0.15, 0.2) is 72.8 Å². The number of fused-ring (bicyclic) bond motifs is 1. The van der Waals surface area contributed by atoms with Crippen molar-refractivity contribution >= 4 is 23.7 Å². The van der Waals surface area contributed by atoms with Crippen LogP contribution in [0.5, 0.6) is 0 Å². The van der Waals surface area contributed by atoms with Gasteiger partial charge in [0, 0.05) is 25.7 Å². The van der Waals surface area contributed by atoms with Crippen LogP contribution in [-0.2, 0) is 33.8 Å². The molecule has 0 fully saturated rings. The van der Waals surface area contributed by atoms with E-state index in [0.29, 0.717) is 31.8 Å². The molecule has 3 aromatic rings. The summed E-state index contributed by atoms with van der Waals surface area (Å²) in [5.74, 6) is -0.223. The van der Waals surface area contributed by atoms with Crippen molar-refractivity contribution < 1.29 is 23.9 Å². The molecule has 0 aromatic heterocycles. The Balaban J connectivity index is 1.47. The van der Waals surface area contributed by atoms with Crippen molar-refractivity contribution in [3.8, 4) is 11.1 Å². The molecule has 3 N–H and O–H groups in total. The molecule has 3 aromatic carbocycles. The second-order valence-corrected chi connectivity index (χ2v) is 10.9. The summed E-state index contributed by atoms with van der Waals surface area (Å²) in [5, 5.41) is 8.17. The van der Waals surface area contributed by atoms with Crippen molar-refractivity contribution in [1.29, 1.82) is 0 Å². The standard InChI is InChI=1S/C32H38N4O5/c1-32(2,3)41-31(39)35-28(21-40-20-22-10-6-5-7-11-22)29(37)36-17-16-23-18-24(14-15-25(23)19-36)26-12-8-9-13-27(26)34-30(38)33-4/h5-15,18,28H,16-17,19-21H2,1-4H3,(H,35,39)(H2,33,34,38)/t28-/m1/s1. The smallest absolute Gasteiger partial charge is 0.408 e. The zero-order valence-corrected chi connectivity index (χ0v) is 24.0. The van der Waals surface area contributed by atoms with E-state index in [9.17, 15) is 14.4 Å². The Kier molecular flexibility index (Phi) is 9.62. The maximum Gasteiger partial charge on any atom is 0.408 e. The fourth-order valence-corrected chi connectivity index (χ4v) is 4.65. The van der Waals surface area contributed by atoms with E-state index < -0.39 is 17.7 Å². The number of carbonyl (C=O) groups is 3. The van der Waals surface area contributed by atoms with E-state index in [1.165, 1.54) is 0 Å². The van der Waals surface area contributed by atoms with Crippen LogP contribution in [-0.4, -0.2) is 54.8 Å². The normalized spacial score (nSPS) is 13.5. The van der Waals surface area contributed by atoms with Gasteiger partial charge in [-0.3, -0.25) is 4.79 Å². The number of nitrogens with one attached hydrogen (secondary N) is 3. The minimum atomic E-state index is -0.892. The molecule has 0 saturated carbocycles. The summed E-state index contributed by atoms with van der Waals surface area (Å²) in [5.41, 5.74) is 5.06. The molecule has 1 atom stereocenters. The number of hydrogen-bond donors (Lipinski definition) is 3.